The van der Waals surface area contributed by atoms with Crippen LogP contribution in [0.4, 0.5) is 0 Å². The maximum atomic E-state index is 5.09. The predicted molar refractivity (Wildman–Crippen MR) is 86.5 cm³/mol. The summed E-state index contributed by atoms with van der Waals surface area (Å²) >= 11 is 2.03. The Kier molecular flexibility index (Phi) is 4.77. The minimum atomic E-state index is 0.534. The van der Waals surface area contributed by atoms with Crippen LogP contribution in [0.5, 0.6) is 0 Å². The fourth-order valence-electron chi connectivity index (χ4n) is 3.80. The lowest BCUT2D eigenvalue weighted by atomic mass is 9.97. The SMILES string of the molecule is CCCNC1CCCc2sc(C3CCC(CC)C3)nc21. The van der Waals surface area contributed by atoms with Gasteiger partial charge in [-0.1, -0.05) is 20.3 Å². The van der Waals surface area contributed by atoms with E-state index in [0.717, 1.165) is 18.4 Å². The zero-order chi connectivity index (χ0) is 13.9. The lowest BCUT2D eigenvalue weighted by molar-refractivity contribution is 0.452. The van der Waals surface area contributed by atoms with E-state index >= 15 is 0 Å². The molecule has 2 aliphatic carbocycles. The van der Waals surface area contributed by atoms with Crippen molar-refractivity contribution in [2.24, 2.45) is 5.92 Å². The molecule has 1 fully saturated rings. The average molecular weight is 292 g/mol. The van der Waals surface area contributed by atoms with Crippen LogP contribution in [0.3, 0.4) is 0 Å². The quantitative estimate of drug-likeness (QED) is 0.842. The van der Waals surface area contributed by atoms with Gasteiger partial charge in [0.05, 0.1) is 16.7 Å². The summed E-state index contributed by atoms with van der Waals surface area (Å²) in [6.45, 7) is 5.70. The molecule has 2 aliphatic rings. The van der Waals surface area contributed by atoms with E-state index in [1.54, 1.807) is 4.88 Å². The van der Waals surface area contributed by atoms with Gasteiger partial charge in [-0.2, -0.15) is 0 Å². The predicted octanol–water partition coefficient (Wildman–Crippen LogP) is 4.81. The maximum absolute atomic E-state index is 5.09. The average Bonchev–Trinajstić information content (AvgIpc) is 3.10. The fraction of sp³-hybridized carbons (Fsp3) is 0.824. The Morgan fingerprint density at radius 2 is 2.15 bits per heavy atom. The van der Waals surface area contributed by atoms with Gasteiger partial charge in [0.15, 0.2) is 0 Å². The van der Waals surface area contributed by atoms with Crippen molar-refractivity contribution >= 4 is 11.3 Å². The Morgan fingerprint density at radius 3 is 2.90 bits per heavy atom. The number of aromatic nitrogens is 1. The van der Waals surface area contributed by atoms with Gasteiger partial charge >= 0.3 is 0 Å². The first-order chi connectivity index (χ1) is 9.81. The number of fused-ring (bicyclic) bond motifs is 1. The number of hydrogen-bond acceptors (Lipinski definition) is 3. The van der Waals surface area contributed by atoms with Crippen molar-refractivity contribution in [2.45, 2.75) is 77.2 Å². The van der Waals surface area contributed by atoms with Crippen LogP contribution in [0, 0.1) is 5.92 Å². The second-order valence-electron chi connectivity index (χ2n) is 6.54. The molecule has 20 heavy (non-hydrogen) atoms. The first kappa shape index (κ1) is 14.5. The molecule has 3 heteroatoms. The van der Waals surface area contributed by atoms with E-state index in [2.05, 4.69) is 19.2 Å². The number of thiazole rings is 1. The molecule has 0 saturated heterocycles. The monoisotopic (exact) mass is 292 g/mol. The third kappa shape index (κ3) is 2.94. The highest BCUT2D eigenvalue weighted by Crippen LogP contribution is 2.43. The molecule has 0 aliphatic heterocycles. The van der Waals surface area contributed by atoms with Crippen LogP contribution in [0.15, 0.2) is 0 Å². The standard InChI is InChI=1S/C17H28N2S/c1-3-10-18-14-6-5-7-15-16(14)19-17(20-15)13-9-8-12(4-2)11-13/h12-14,18H,3-11H2,1-2H3. The molecule has 0 amide bonds. The molecule has 0 spiro atoms. The molecule has 0 aromatic carbocycles. The largest absolute Gasteiger partial charge is 0.309 e. The van der Waals surface area contributed by atoms with Crippen molar-refractivity contribution in [1.82, 2.24) is 10.3 Å². The molecule has 1 aromatic rings. The fourth-order valence-corrected chi connectivity index (χ4v) is 5.12. The number of nitrogens with zero attached hydrogens (tertiary/aromatic N) is 1. The van der Waals surface area contributed by atoms with Crippen LogP contribution in [0.25, 0.3) is 0 Å². The van der Waals surface area contributed by atoms with Crippen molar-refractivity contribution in [1.29, 1.82) is 0 Å². The smallest absolute Gasteiger partial charge is 0.0962 e. The zero-order valence-electron chi connectivity index (χ0n) is 13.0. The molecule has 0 bridgehead atoms. The molecule has 3 unspecified atom stereocenters. The lowest BCUT2D eigenvalue weighted by Crippen LogP contribution is -2.25. The van der Waals surface area contributed by atoms with Gasteiger partial charge in [0, 0.05) is 10.8 Å². The lowest BCUT2D eigenvalue weighted by Gasteiger charge is -2.22. The normalized spacial score (nSPS) is 29.6. The molecule has 3 rings (SSSR count). The molecular weight excluding hydrogens is 264 g/mol. The van der Waals surface area contributed by atoms with Crippen LogP contribution in [0.2, 0.25) is 0 Å². The summed E-state index contributed by atoms with van der Waals surface area (Å²) in [7, 11) is 0. The summed E-state index contributed by atoms with van der Waals surface area (Å²) in [6, 6.07) is 0.534. The van der Waals surface area contributed by atoms with E-state index in [9.17, 15) is 0 Å². The molecule has 1 saturated carbocycles. The Hall–Kier alpha value is -0.410. The maximum Gasteiger partial charge on any atom is 0.0962 e. The van der Waals surface area contributed by atoms with E-state index in [1.807, 2.05) is 11.3 Å². The highest BCUT2D eigenvalue weighted by Gasteiger charge is 2.30. The van der Waals surface area contributed by atoms with Gasteiger partial charge < -0.3 is 5.32 Å². The van der Waals surface area contributed by atoms with Crippen LogP contribution in [0.1, 0.15) is 86.3 Å². The zero-order valence-corrected chi connectivity index (χ0v) is 13.8. The molecule has 2 nitrogen and oxygen atoms in total. The summed E-state index contributed by atoms with van der Waals surface area (Å²) in [5.41, 5.74) is 1.41. The first-order valence-electron chi connectivity index (χ1n) is 8.54. The van der Waals surface area contributed by atoms with Crippen molar-refractivity contribution in [3.8, 4) is 0 Å². The van der Waals surface area contributed by atoms with Crippen LogP contribution >= 0.6 is 11.3 Å². The molecular formula is C17H28N2S. The molecule has 1 heterocycles. The van der Waals surface area contributed by atoms with E-state index in [-0.39, 0.29) is 0 Å². The van der Waals surface area contributed by atoms with E-state index in [1.165, 1.54) is 62.1 Å². The molecule has 0 radical (unpaired) electrons. The van der Waals surface area contributed by atoms with Gasteiger partial charge in [0.2, 0.25) is 0 Å². The van der Waals surface area contributed by atoms with Crippen molar-refractivity contribution in [3.63, 3.8) is 0 Å². The van der Waals surface area contributed by atoms with Gasteiger partial charge in [-0.3, -0.25) is 0 Å². The molecule has 3 atom stereocenters. The number of aryl methyl sites for hydroxylation is 1. The van der Waals surface area contributed by atoms with E-state index < -0.39 is 0 Å². The van der Waals surface area contributed by atoms with Crippen molar-refractivity contribution < 1.29 is 0 Å². The Morgan fingerprint density at radius 1 is 1.25 bits per heavy atom. The third-order valence-electron chi connectivity index (χ3n) is 5.08. The topological polar surface area (TPSA) is 24.9 Å². The van der Waals surface area contributed by atoms with Gasteiger partial charge in [0.25, 0.3) is 0 Å². The van der Waals surface area contributed by atoms with E-state index in [4.69, 9.17) is 4.98 Å². The minimum Gasteiger partial charge on any atom is -0.309 e. The summed E-state index contributed by atoms with van der Waals surface area (Å²) in [5.74, 6) is 1.72. The van der Waals surface area contributed by atoms with Crippen molar-refractivity contribution in [3.05, 3.63) is 15.6 Å². The van der Waals surface area contributed by atoms with Crippen LogP contribution in [-0.2, 0) is 6.42 Å². The second-order valence-corrected chi connectivity index (χ2v) is 7.66. The summed E-state index contributed by atoms with van der Waals surface area (Å²) < 4.78 is 0. The summed E-state index contributed by atoms with van der Waals surface area (Å²) in [4.78, 5) is 6.68. The first-order valence-corrected chi connectivity index (χ1v) is 9.36. The second kappa shape index (κ2) is 6.57. The van der Waals surface area contributed by atoms with E-state index in [0.29, 0.717) is 6.04 Å². The number of nitrogens with one attached hydrogen (secondary N) is 1. The summed E-state index contributed by atoms with van der Waals surface area (Å²) in [6.07, 6.45) is 10.6. The number of hydrogen-bond donors (Lipinski definition) is 1. The highest BCUT2D eigenvalue weighted by atomic mass is 32.1. The molecule has 112 valence electrons. The van der Waals surface area contributed by atoms with Gasteiger partial charge in [-0.15, -0.1) is 11.3 Å². The third-order valence-corrected chi connectivity index (χ3v) is 6.37. The number of rotatable bonds is 5. The van der Waals surface area contributed by atoms with Gasteiger partial charge in [0.1, 0.15) is 0 Å². The van der Waals surface area contributed by atoms with Crippen LogP contribution in [-0.4, -0.2) is 11.5 Å². The Balaban J connectivity index is 1.74. The Bertz CT molecular complexity index is 440. The Labute approximate surface area is 127 Å². The van der Waals surface area contributed by atoms with Gasteiger partial charge in [-0.05, 0) is 57.4 Å². The highest BCUT2D eigenvalue weighted by molar-refractivity contribution is 7.11. The van der Waals surface area contributed by atoms with Gasteiger partial charge in [-0.25, -0.2) is 4.98 Å². The summed E-state index contributed by atoms with van der Waals surface area (Å²) in [5, 5.41) is 5.15. The molecule has 1 aromatic heterocycles. The minimum absolute atomic E-state index is 0.534. The molecule has 1 N–H and O–H groups in total. The van der Waals surface area contributed by atoms with Crippen molar-refractivity contribution in [2.75, 3.05) is 6.54 Å². The van der Waals surface area contributed by atoms with Crippen LogP contribution < -0.4 is 5.32 Å².